The molecule has 0 rings (SSSR count). The first kappa shape index (κ1) is 14.4. The second-order valence-corrected chi connectivity index (χ2v) is 5.86. The average Bonchev–Trinajstić information content (AvgIpc) is 1.96. The molecule has 3 heteroatoms. The minimum absolute atomic E-state index is 0.0341. The van der Waals surface area contributed by atoms with Gasteiger partial charge in [0, 0.05) is 19.0 Å². The van der Waals surface area contributed by atoms with E-state index in [4.69, 9.17) is 5.73 Å². The van der Waals surface area contributed by atoms with E-state index in [2.05, 4.69) is 33.0 Å². The number of hydrogen-bond donors (Lipinski definition) is 2. The zero-order chi connectivity index (χ0) is 12.1. The molecule has 2 unspecified atom stereocenters. The first-order chi connectivity index (χ1) is 6.70. The summed E-state index contributed by atoms with van der Waals surface area (Å²) >= 11 is 0. The predicted octanol–water partition coefficient (Wildman–Crippen LogP) is 1.91. The van der Waals surface area contributed by atoms with Gasteiger partial charge >= 0.3 is 0 Å². The summed E-state index contributed by atoms with van der Waals surface area (Å²) in [5.41, 5.74) is 5.85. The second kappa shape index (κ2) is 6.11. The van der Waals surface area contributed by atoms with Crippen LogP contribution >= 0.6 is 0 Å². The molecule has 0 aromatic carbocycles. The Kier molecular flexibility index (Phi) is 5.88. The van der Waals surface area contributed by atoms with Crippen molar-refractivity contribution in [3.05, 3.63) is 0 Å². The highest BCUT2D eigenvalue weighted by Gasteiger charge is 2.17. The van der Waals surface area contributed by atoms with E-state index in [0.29, 0.717) is 24.3 Å². The van der Waals surface area contributed by atoms with Gasteiger partial charge in [-0.05, 0) is 24.7 Å². The van der Waals surface area contributed by atoms with Crippen LogP contribution < -0.4 is 11.1 Å². The fraction of sp³-hybridized carbons (Fsp3) is 0.917. The highest BCUT2D eigenvalue weighted by Crippen LogP contribution is 2.25. The Bertz CT molecular complexity index is 194. The fourth-order valence-corrected chi connectivity index (χ4v) is 1.78. The SMILES string of the molecule is CC(N)CNC(=O)CC(C)CC(C)(C)C. The number of carbonyl (C=O) groups excluding carboxylic acids is 1. The number of amides is 1. The molecular weight excluding hydrogens is 188 g/mol. The van der Waals surface area contributed by atoms with Crippen LogP contribution in [0, 0.1) is 11.3 Å². The van der Waals surface area contributed by atoms with Gasteiger partial charge in [0.2, 0.25) is 5.91 Å². The average molecular weight is 214 g/mol. The van der Waals surface area contributed by atoms with Crippen LogP contribution in [0.25, 0.3) is 0 Å². The number of carbonyl (C=O) groups is 1. The first-order valence-electron chi connectivity index (χ1n) is 5.73. The third-order valence-electron chi connectivity index (χ3n) is 2.12. The van der Waals surface area contributed by atoms with Gasteiger partial charge in [-0.25, -0.2) is 0 Å². The van der Waals surface area contributed by atoms with Gasteiger partial charge in [-0.2, -0.15) is 0 Å². The molecule has 0 aliphatic rings. The molecule has 1 amide bonds. The van der Waals surface area contributed by atoms with E-state index >= 15 is 0 Å². The van der Waals surface area contributed by atoms with Crippen molar-refractivity contribution in [1.82, 2.24) is 5.32 Å². The smallest absolute Gasteiger partial charge is 0.220 e. The lowest BCUT2D eigenvalue weighted by Crippen LogP contribution is -2.35. The van der Waals surface area contributed by atoms with Crippen molar-refractivity contribution in [3.63, 3.8) is 0 Å². The Hall–Kier alpha value is -0.570. The van der Waals surface area contributed by atoms with Crippen molar-refractivity contribution < 1.29 is 4.79 Å². The fourth-order valence-electron chi connectivity index (χ4n) is 1.78. The highest BCUT2D eigenvalue weighted by atomic mass is 16.1. The summed E-state index contributed by atoms with van der Waals surface area (Å²) in [7, 11) is 0. The lowest BCUT2D eigenvalue weighted by Gasteiger charge is -2.22. The van der Waals surface area contributed by atoms with E-state index in [0.717, 1.165) is 6.42 Å². The molecule has 0 saturated carbocycles. The Balaban J connectivity index is 3.77. The molecule has 90 valence electrons. The van der Waals surface area contributed by atoms with Crippen molar-refractivity contribution >= 4 is 5.91 Å². The third-order valence-corrected chi connectivity index (χ3v) is 2.12. The maximum atomic E-state index is 11.5. The molecule has 3 nitrogen and oxygen atoms in total. The van der Waals surface area contributed by atoms with E-state index in [1.165, 1.54) is 0 Å². The monoisotopic (exact) mass is 214 g/mol. The Labute approximate surface area is 93.8 Å². The maximum absolute atomic E-state index is 11.5. The van der Waals surface area contributed by atoms with E-state index in [-0.39, 0.29) is 11.9 Å². The maximum Gasteiger partial charge on any atom is 0.220 e. The van der Waals surface area contributed by atoms with Gasteiger partial charge in [-0.1, -0.05) is 27.7 Å². The van der Waals surface area contributed by atoms with Crippen LogP contribution in [0.15, 0.2) is 0 Å². The lowest BCUT2D eigenvalue weighted by molar-refractivity contribution is -0.122. The van der Waals surface area contributed by atoms with Crippen molar-refractivity contribution in [2.24, 2.45) is 17.1 Å². The molecule has 0 aliphatic heterocycles. The van der Waals surface area contributed by atoms with E-state index in [1.807, 2.05) is 6.92 Å². The van der Waals surface area contributed by atoms with Crippen molar-refractivity contribution in [1.29, 1.82) is 0 Å². The summed E-state index contributed by atoms with van der Waals surface area (Å²) in [6.07, 6.45) is 1.67. The lowest BCUT2D eigenvalue weighted by atomic mass is 9.84. The van der Waals surface area contributed by atoms with Crippen LogP contribution in [0.4, 0.5) is 0 Å². The molecule has 0 saturated heterocycles. The van der Waals surface area contributed by atoms with Crippen LogP contribution in [0.1, 0.15) is 47.5 Å². The number of hydrogen-bond acceptors (Lipinski definition) is 2. The van der Waals surface area contributed by atoms with Crippen molar-refractivity contribution in [2.45, 2.75) is 53.5 Å². The Morgan fingerprint density at radius 3 is 2.27 bits per heavy atom. The summed E-state index contributed by atoms with van der Waals surface area (Å²) in [6.45, 7) is 11.2. The molecule has 0 aromatic rings. The second-order valence-electron chi connectivity index (χ2n) is 5.86. The molecule has 0 fully saturated rings. The first-order valence-corrected chi connectivity index (χ1v) is 5.73. The highest BCUT2D eigenvalue weighted by molar-refractivity contribution is 5.76. The van der Waals surface area contributed by atoms with Crippen LogP contribution in [0.3, 0.4) is 0 Å². The number of nitrogens with one attached hydrogen (secondary N) is 1. The molecule has 0 heterocycles. The molecule has 15 heavy (non-hydrogen) atoms. The minimum Gasteiger partial charge on any atom is -0.355 e. The normalized spacial score (nSPS) is 15.9. The molecule has 0 spiro atoms. The van der Waals surface area contributed by atoms with Gasteiger partial charge in [0.25, 0.3) is 0 Å². The van der Waals surface area contributed by atoms with Crippen LogP contribution in [0.2, 0.25) is 0 Å². The minimum atomic E-state index is 0.0341. The number of rotatable bonds is 5. The van der Waals surface area contributed by atoms with Gasteiger partial charge in [0.05, 0.1) is 0 Å². The van der Waals surface area contributed by atoms with Gasteiger partial charge in [-0.3, -0.25) is 4.79 Å². The van der Waals surface area contributed by atoms with Gasteiger partial charge < -0.3 is 11.1 Å². The largest absolute Gasteiger partial charge is 0.355 e. The third kappa shape index (κ3) is 9.73. The summed E-state index contributed by atoms with van der Waals surface area (Å²) in [5.74, 6) is 0.544. The number of nitrogens with two attached hydrogens (primary N) is 1. The van der Waals surface area contributed by atoms with E-state index in [1.54, 1.807) is 0 Å². The van der Waals surface area contributed by atoms with Crippen molar-refractivity contribution in [2.75, 3.05) is 6.54 Å². The predicted molar refractivity (Wildman–Crippen MR) is 64.5 cm³/mol. The zero-order valence-corrected chi connectivity index (χ0v) is 10.8. The molecule has 0 aliphatic carbocycles. The van der Waals surface area contributed by atoms with Crippen LogP contribution in [-0.2, 0) is 4.79 Å². The molecule has 2 atom stereocenters. The quantitative estimate of drug-likeness (QED) is 0.734. The van der Waals surface area contributed by atoms with Gasteiger partial charge in [0.15, 0.2) is 0 Å². The summed E-state index contributed by atoms with van der Waals surface area (Å²) < 4.78 is 0. The van der Waals surface area contributed by atoms with Crippen LogP contribution in [0.5, 0.6) is 0 Å². The van der Waals surface area contributed by atoms with E-state index < -0.39 is 0 Å². The molecular formula is C12H26N2O. The summed E-state index contributed by atoms with van der Waals surface area (Å²) in [4.78, 5) is 11.5. The topological polar surface area (TPSA) is 55.1 Å². The molecule has 0 aromatic heterocycles. The van der Waals surface area contributed by atoms with Crippen molar-refractivity contribution in [3.8, 4) is 0 Å². The summed E-state index contributed by atoms with van der Waals surface area (Å²) in [5, 5.41) is 2.83. The van der Waals surface area contributed by atoms with Gasteiger partial charge in [0.1, 0.15) is 0 Å². The molecule has 3 N–H and O–H groups in total. The zero-order valence-electron chi connectivity index (χ0n) is 10.8. The molecule has 0 bridgehead atoms. The van der Waals surface area contributed by atoms with Crippen LogP contribution in [-0.4, -0.2) is 18.5 Å². The summed E-state index contributed by atoms with van der Waals surface area (Å²) in [6, 6.07) is 0.0341. The van der Waals surface area contributed by atoms with E-state index in [9.17, 15) is 4.79 Å². The van der Waals surface area contributed by atoms with Gasteiger partial charge in [-0.15, -0.1) is 0 Å². The standard InChI is InChI=1S/C12H26N2O/c1-9(7-12(3,4)5)6-11(15)14-8-10(2)13/h9-10H,6-8,13H2,1-5H3,(H,14,15). The Morgan fingerprint density at radius 1 is 1.33 bits per heavy atom. The Morgan fingerprint density at radius 2 is 1.87 bits per heavy atom. The molecule has 0 radical (unpaired) electrons.